The van der Waals surface area contributed by atoms with Crippen molar-refractivity contribution in [2.24, 2.45) is 0 Å². The molecule has 6 nitrogen and oxygen atoms in total. The third-order valence-electron chi connectivity index (χ3n) is 6.38. The topological polar surface area (TPSA) is 63.1 Å². The molecule has 0 amide bonds. The average Bonchev–Trinajstić information content (AvgIpc) is 2.98. The summed E-state index contributed by atoms with van der Waals surface area (Å²) in [6.07, 6.45) is -2.17. The summed E-state index contributed by atoms with van der Waals surface area (Å²) in [4.78, 5) is 23.4. The summed E-state index contributed by atoms with van der Waals surface area (Å²) in [5, 5.41) is 3.12. The van der Waals surface area contributed by atoms with Gasteiger partial charge in [0.25, 0.3) is 0 Å². The first-order valence-corrected chi connectivity index (χ1v) is 12.5. The molecular weight excluding hydrogens is 506 g/mol. The van der Waals surface area contributed by atoms with Gasteiger partial charge in [0.15, 0.2) is 0 Å². The smallest absolute Gasteiger partial charge is 0.353 e. The molecule has 0 unspecified atom stereocenters. The zero-order valence-corrected chi connectivity index (χ0v) is 20.4. The lowest BCUT2D eigenvalue weighted by Gasteiger charge is -2.37. The van der Waals surface area contributed by atoms with Crippen LogP contribution in [0.4, 0.5) is 23.4 Å². The highest BCUT2D eigenvalue weighted by Crippen LogP contribution is 2.47. The van der Waals surface area contributed by atoms with Gasteiger partial charge in [-0.1, -0.05) is 11.6 Å². The number of aromatic nitrogens is 3. The number of hydrogen-bond acceptors (Lipinski definition) is 6. The van der Waals surface area contributed by atoms with Gasteiger partial charge >= 0.3 is 11.9 Å². The van der Waals surface area contributed by atoms with E-state index in [2.05, 4.69) is 15.3 Å². The number of nitrogens with zero attached hydrogens (tertiary/aromatic N) is 4. The van der Waals surface area contributed by atoms with Crippen LogP contribution in [0.5, 0.6) is 0 Å². The summed E-state index contributed by atoms with van der Waals surface area (Å²) in [5.41, 5.74) is -0.947. The average molecular weight is 528 g/mol. The van der Waals surface area contributed by atoms with Gasteiger partial charge in [-0.05, 0) is 31.5 Å². The molecule has 1 fully saturated rings. The highest BCUT2D eigenvalue weighted by Gasteiger charge is 2.38. The molecule has 2 aromatic heterocycles. The predicted molar refractivity (Wildman–Crippen MR) is 128 cm³/mol. The largest absolute Gasteiger partial charge is 0.417 e. The number of pyridine rings is 1. The van der Waals surface area contributed by atoms with Gasteiger partial charge in [-0.2, -0.15) is 18.2 Å². The van der Waals surface area contributed by atoms with E-state index in [0.29, 0.717) is 24.2 Å². The number of piperazine rings is 1. The van der Waals surface area contributed by atoms with E-state index in [1.54, 1.807) is 0 Å². The van der Waals surface area contributed by atoms with E-state index in [0.717, 1.165) is 24.0 Å². The Balaban J connectivity index is 1.77. The van der Waals surface area contributed by atoms with Crippen LogP contribution in [0, 0.1) is 5.82 Å². The maximum absolute atomic E-state index is 14.5. The van der Waals surface area contributed by atoms with Gasteiger partial charge in [0.2, 0.25) is 0 Å². The number of thioether (sulfide) groups is 1. The van der Waals surface area contributed by atoms with Crippen molar-refractivity contribution < 1.29 is 17.6 Å². The van der Waals surface area contributed by atoms with Crippen molar-refractivity contribution in [2.45, 2.75) is 49.5 Å². The van der Waals surface area contributed by atoms with Crippen LogP contribution in [-0.2, 0) is 12.7 Å². The van der Waals surface area contributed by atoms with E-state index in [1.165, 1.54) is 16.8 Å². The zero-order chi connectivity index (χ0) is 25.1. The minimum absolute atomic E-state index is 0.0518. The lowest BCUT2D eigenvalue weighted by Crippen LogP contribution is -2.55. The summed E-state index contributed by atoms with van der Waals surface area (Å²) >= 11 is 7.43. The van der Waals surface area contributed by atoms with Crippen molar-refractivity contribution in [3.05, 3.63) is 57.0 Å². The first-order chi connectivity index (χ1) is 16.5. The molecule has 0 bridgehead atoms. The Bertz CT molecular complexity index is 1350. The normalized spacial score (nSPS) is 22.9. The number of rotatable bonds is 2. The monoisotopic (exact) mass is 527 g/mol. The summed E-state index contributed by atoms with van der Waals surface area (Å²) < 4.78 is 57.9. The Morgan fingerprint density at radius 3 is 2.57 bits per heavy atom. The molecule has 3 atom stereocenters. The molecule has 3 aromatic rings. The van der Waals surface area contributed by atoms with Crippen molar-refractivity contribution in [2.75, 3.05) is 23.7 Å². The van der Waals surface area contributed by atoms with Crippen LogP contribution in [0.15, 0.2) is 34.2 Å². The molecule has 4 heterocycles. The Morgan fingerprint density at radius 2 is 1.91 bits per heavy atom. The number of benzene rings is 1. The molecule has 0 radical (unpaired) electrons. The van der Waals surface area contributed by atoms with Gasteiger partial charge in [-0.25, -0.2) is 9.18 Å². The molecule has 186 valence electrons. The SMILES string of the molecule is C[C@@H]1CN(c2nc(=O)n3c4c(c(Cl)c(C(F)(F)F)cc24)SC[C@H](c2ccncc2F)C3)C[C@H](C)N1. The van der Waals surface area contributed by atoms with Crippen LogP contribution < -0.4 is 15.9 Å². The summed E-state index contributed by atoms with van der Waals surface area (Å²) in [6, 6.07) is 2.62. The maximum Gasteiger partial charge on any atom is 0.417 e. The highest BCUT2D eigenvalue weighted by molar-refractivity contribution is 7.99. The Morgan fingerprint density at radius 1 is 1.20 bits per heavy atom. The number of anilines is 1. The van der Waals surface area contributed by atoms with Gasteiger partial charge in [-0.3, -0.25) is 9.55 Å². The summed E-state index contributed by atoms with van der Waals surface area (Å²) in [7, 11) is 0. The molecule has 0 saturated carbocycles. The molecule has 2 aliphatic heterocycles. The molecule has 1 saturated heterocycles. The second kappa shape index (κ2) is 8.94. The molecule has 35 heavy (non-hydrogen) atoms. The quantitative estimate of drug-likeness (QED) is 0.488. The maximum atomic E-state index is 14.5. The highest BCUT2D eigenvalue weighted by atomic mass is 35.5. The molecule has 2 aliphatic rings. The van der Waals surface area contributed by atoms with Crippen LogP contribution >= 0.6 is 23.4 Å². The van der Waals surface area contributed by atoms with Crippen molar-refractivity contribution in [3.63, 3.8) is 0 Å². The van der Waals surface area contributed by atoms with Crippen LogP contribution in [-0.4, -0.2) is 45.5 Å². The molecule has 0 spiro atoms. The lowest BCUT2D eigenvalue weighted by atomic mass is 10.0. The van der Waals surface area contributed by atoms with E-state index in [-0.39, 0.29) is 40.5 Å². The van der Waals surface area contributed by atoms with Gasteiger partial charge in [0.1, 0.15) is 11.6 Å². The van der Waals surface area contributed by atoms with Crippen molar-refractivity contribution in [1.82, 2.24) is 19.9 Å². The fraction of sp³-hybridized carbons (Fsp3) is 0.435. The molecular formula is C23H22ClF4N5OS. The van der Waals surface area contributed by atoms with E-state index >= 15 is 0 Å². The molecule has 5 rings (SSSR count). The van der Waals surface area contributed by atoms with Crippen molar-refractivity contribution >= 4 is 40.1 Å². The van der Waals surface area contributed by atoms with Crippen LogP contribution in [0.2, 0.25) is 5.02 Å². The van der Waals surface area contributed by atoms with Gasteiger partial charge in [-0.15, -0.1) is 11.8 Å². The van der Waals surface area contributed by atoms with Crippen LogP contribution in [0.25, 0.3) is 10.9 Å². The van der Waals surface area contributed by atoms with E-state index < -0.39 is 34.2 Å². The Labute approximate surface area is 207 Å². The lowest BCUT2D eigenvalue weighted by molar-refractivity contribution is -0.137. The van der Waals surface area contributed by atoms with E-state index in [4.69, 9.17) is 11.6 Å². The van der Waals surface area contributed by atoms with Crippen molar-refractivity contribution in [1.29, 1.82) is 0 Å². The molecule has 1 aromatic carbocycles. The third-order valence-corrected chi connectivity index (χ3v) is 8.14. The number of nitrogens with one attached hydrogen (secondary N) is 1. The van der Waals surface area contributed by atoms with Crippen LogP contribution in [0.1, 0.15) is 30.9 Å². The number of hydrogen-bond donors (Lipinski definition) is 1. The molecule has 0 aliphatic carbocycles. The Kier molecular flexibility index (Phi) is 6.21. The molecule has 12 heteroatoms. The number of alkyl halides is 3. The number of halogens is 5. The Hall–Kier alpha value is -2.37. The van der Waals surface area contributed by atoms with Gasteiger partial charge in [0.05, 0.1) is 27.2 Å². The summed E-state index contributed by atoms with van der Waals surface area (Å²) in [5.74, 6) is -0.591. The summed E-state index contributed by atoms with van der Waals surface area (Å²) in [6.45, 7) is 4.95. The predicted octanol–water partition coefficient (Wildman–Crippen LogP) is 4.68. The van der Waals surface area contributed by atoms with Gasteiger partial charge < -0.3 is 10.2 Å². The minimum atomic E-state index is -4.70. The molecule has 1 N–H and O–H groups in total. The van der Waals surface area contributed by atoms with E-state index in [9.17, 15) is 22.4 Å². The second-order valence-electron chi connectivity index (χ2n) is 9.07. The van der Waals surface area contributed by atoms with Crippen LogP contribution in [0.3, 0.4) is 0 Å². The van der Waals surface area contributed by atoms with Crippen molar-refractivity contribution in [3.8, 4) is 0 Å². The fourth-order valence-electron chi connectivity index (χ4n) is 4.98. The van der Waals surface area contributed by atoms with Gasteiger partial charge in [0, 0.05) is 55.0 Å². The van der Waals surface area contributed by atoms with E-state index in [1.807, 2.05) is 18.7 Å². The minimum Gasteiger partial charge on any atom is -0.353 e. The third kappa shape index (κ3) is 4.38. The second-order valence-corrected chi connectivity index (χ2v) is 10.5. The zero-order valence-electron chi connectivity index (χ0n) is 18.9. The standard InChI is InChI=1S/C23H22ClF4N5OS/c1-11-7-32(8-12(2)30-11)21-15-5-16(23(26,27)28)18(24)20-19(15)33(22(34)31-21)9-13(10-35-20)14-3-4-29-6-17(14)25/h3-6,11-13,30H,7-10H2,1-2H3/t11-,12+,13-/m1/s1. The first kappa shape index (κ1) is 24.3. The first-order valence-electron chi connectivity index (χ1n) is 11.1. The fourth-order valence-corrected chi connectivity index (χ4v) is 6.64.